The van der Waals surface area contributed by atoms with Crippen LogP contribution in [0.5, 0.6) is 0 Å². The third kappa shape index (κ3) is 2.12. The Morgan fingerprint density at radius 1 is 1.21 bits per heavy atom. The van der Waals surface area contributed by atoms with Crippen molar-refractivity contribution in [2.75, 3.05) is 0 Å². The van der Waals surface area contributed by atoms with Crippen molar-refractivity contribution in [3.63, 3.8) is 0 Å². The molecule has 0 fully saturated rings. The number of aryl methyl sites for hydroxylation is 1. The van der Waals surface area contributed by atoms with Crippen LogP contribution in [0.3, 0.4) is 0 Å². The minimum Gasteiger partial charge on any atom is -0.457 e. The van der Waals surface area contributed by atoms with Crippen LogP contribution in [0, 0.1) is 6.92 Å². The second-order valence-corrected chi connectivity index (χ2v) is 4.20. The van der Waals surface area contributed by atoms with E-state index in [0.29, 0.717) is 5.76 Å². The fraction of sp³-hybridized carbons (Fsp3) is 0.133. The van der Waals surface area contributed by atoms with Crippen molar-refractivity contribution >= 4 is 16.9 Å². The molecule has 0 saturated heterocycles. The van der Waals surface area contributed by atoms with E-state index < -0.39 is 5.97 Å². The Bertz CT molecular complexity index is 707. The summed E-state index contributed by atoms with van der Waals surface area (Å²) in [5, 5.41) is 1.03. The number of esters is 1. The van der Waals surface area contributed by atoms with E-state index in [-0.39, 0.29) is 12.4 Å². The lowest BCUT2D eigenvalue weighted by Gasteiger charge is -2.00. The van der Waals surface area contributed by atoms with E-state index in [1.807, 2.05) is 31.2 Å². The highest BCUT2D eigenvalue weighted by Crippen LogP contribution is 2.25. The lowest BCUT2D eigenvalue weighted by molar-refractivity contribution is 0.0410. The zero-order chi connectivity index (χ0) is 13.2. The molecule has 0 radical (unpaired) electrons. The molecule has 4 nitrogen and oxygen atoms in total. The van der Waals surface area contributed by atoms with Gasteiger partial charge in [0.2, 0.25) is 5.76 Å². The number of carbonyl (C=O) groups is 1. The standard InChI is InChI=1S/C15H12O4/c1-10-11-5-2-3-6-12(11)19-14(10)9-18-15(16)13-7-4-8-17-13/h2-8H,9H2,1H3. The highest BCUT2D eigenvalue weighted by atomic mass is 16.6. The van der Waals surface area contributed by atoms with Crippen molar-refractivity contribution in [3.05, 3.63) is 59.7 Å². The fourth-order valence-electron chi connectivity index (χ4n) is 1.96. The van der Waals surface area contributed by atoms with Crippen LogP contribution in [0.2, 0.25) is 0 Å². The number of ether oxygens (including phenoxy) is 1. The van der Waals surface area contributed by atoms with Crippen LogP contribution in [0.25, 0.3) is 11.0 Å². The van der Waals surface area contributed by atoms with Gasteiger partial charge >= 0.3 is 5.97 Å². The Labute approximate surface area is 109 Å². The summed E-state index contributed by atoms with van der Waals surface area (Å²) in [5.74, 6) is 0.347. The second-order valence-electron chi connectivity index (χ2n) is 4.20. The van der Waals surface area contributed by atoms with Gasteiger partial charge in [0.05, 0.1) is 6.26 Å². The molecule has 0 amide bonds. The number of benzene rings is 1. The molecule has 0 bridgehead atoms. The maximum absolute atomic E-state index is 11.6. The molecule has 0 aliphatic heterocycles. The van der Waals surface area contributed by atoms with E-state index in [0.717, 1.165) is 16.5 Å². The minimum atomic E-state index is -0.496. The monoisotopic (exact) mass is 256 g/mol. The molecule has 0 atom stereocenters. The van der Waals surface area contributed by atoms with E-state index in [1.165, 1.54) is 6.26 Å². The largest absolute Gasteiger partial charge is 0.457 e. The zero-order valence-corrected chi connectivity index (χ0v) is 10.4. The molecule has 2 aromatic heterocycles. The van der Waals surface area contributed by atoms with Gasteiger partial charge < -0.3 is 13.6 Å². The second kappa shape index (κ2) is 4.65. The van der Waals surface area contributed by atoms with Gasteiger partial charge in [0.1, 0.15) is 18.0 Å². The molecule has 0 N–H and O–H groups in total. The molecule has 4 heteroatoms. The number of rotatable bonds is 3. The number of furan rings is 2. The summed E-state index contributed by atoms with van der Waals surface area (Å²) < 4.78 is 15.8. The first-order valence-electron chi connectivity index (χ1n) is 5.93. The number of carbonyl (C=O) groups excluding carboxylic acids is 1. The Balaban J connectivity index is 1.79. The van der Waals surface area contributed by atoms with Crippen LogP contribution in [-0.4, -0.2) is 5.97 Å². The van der Waals surface area contributed by atoms with Crippen molar-refractivity contribution in [2.24, 2.45) is 0 Å². The van der Waals surface area contributed by atoms with Crippen molar-refractivity contribution < 1.29 is 18.4 Å². The molecule has 0 aliphatic rings. The van der Waals surface area contributed by atoms with Gasteiger partial charge in [-0.2, -0.15) is 0 Å². The molecular weight excluding hydrogens is 244 g/mol. The first-order valence-corrected chi connectivity index (χ1v) is 5.93. The van der Waals surface area contributed by atoms with Gasteiger partial charge in [-0.1, -0.05) is 18.2 Å². The van der Waals surface area contributed by atoms with Crippen LogP contribution in [-0.2, 0) is 11.3 Å². The Hall–Kier alpha value is -2.49. The van der Waals surface area contributed by atoms with Crippen LogP contribution >= 0.6 is 0 Å². The smallest absolute Gasteiger partial charge is 0.374 e. The number of para-hydroxylation sites is 1. The van der Waals surface area contributed by atoms with E-state index in [1.54, 1.807) is 12.1 Å². The Morgan fingerprint density at radius 2 is 2.05 bits per heavy atom. The third-order valence-electron chi connectivity index (χ3n) is 3.00. The van der Waals surface area contributed by atoms with Crippen molar-refractivity contribution in [1.82, 2.24) is 0 Å². The summed E-state index contributed by atoms with van der Waals surface area (Å²) in [6.45, 7) is 2.04. The van der Waals surface area contributed by atoms with Gasteiger partial charge in [-0.3, -0.25) is 0 Å². The number of fused-ring (bicyclic) bond motifs is 1. The molecule has 1 aromatic carbocycles. The molecule has 3 aromatic rings. The summed E-state index contributed by atoms with van der Waals surface area (Å²) in [6, 6.07) is 10.9. The van der Waals surface area contributed by atoms with E-state index in [2.05, 4.69) is 0 Å². The quantitative estimate of drug-likeness (QED) is 0.670. The Morgan fingerprint density at radius 3 is 2.79 bits per heavy atom. The number of hydrogen-bond acceptors (Lipinski definition) is 4. The molecule has 0 unspecified atom stereocenters. The van der Waals surface area contributed by atoms with Gasteiger partial charge in [0.15, 0.2) is 0 Å². The summed E-state index contributed by atoms with van der Waals surface area (Å²) in [5.41, 5.74) is 1.78. The lowest BCUT2D eigenvalue weighted by Crippen LogP contribution is -2.03. The normalized spacial score (nSPS) is 10.8. The van der Waals surface area contributed by atoms with Gasteiger partial charge in [-0.05, 0) is 25.1 Å². The minimum absolute atomic E-state index is 0.0973. The molecule has 3 rings (SSSR count). The van der Waals surface area contributed by atoms with Crippen LogP contribution in [0.4, 0.5) is 0 Å². The van der Waals surface area contributed by atoms with E-state index in [9.17, 15) is 4.79 Å². The average molecular weight is 256 g/mol. The van der Waals surface area contributed by atoms with Gasteiger partial charge in [0, 0.05) is 10.9 Å². The highest BCUT2D eigenvalue weighted by molar-refractivity contribution is 5.86. The van der Waals surface area contributed by atoms with Crippen molar-refractivity contribution in [2.45, 2.75) is 13.5 Å². The predicted molar refractivity (Wildman–Crippen MR) is 68.8 cm³/mol. The topological polar surface area (TPSA) is 52.6 Å². The molecule has 19 heavy (non-hydrogen) atoms. The van der Waals surface area contributed by atoms with Crippen LogP contribution in [0.1, 0.15) is 21.9 Å². The van der Waals surface area contributed by atoms with Gasteiger partial charge in [0.25, 0.3) is 0 Å². The summed E-state index contributed by atoms with van der Waals surface area (Å²) in [6.07, 6.45) is 1.43. The Kier molecular flexibility index (Phi) is 2.83. The van der Waals surface area contributed by atoms with Crippen molar-refractivity contribution in [1.29, 1.82) is 0 Å². The van der Waals surface area contributed by atoms with Crippen LogP contribution in [0.15, 0.2) is 51.5 Å². The van der Waals surface area contributed by atoms with Gasteiger partial charge in [-0.25, -0.2) is 4.79 Å². The SMILES string of the molecule is Cc1c(COC(=O)c2ccco2)oc2ccccc12. The first-order chi connectivity index (χ1) is 9.25. The molecule has 0 saturated carbocycles. The predicted octanol–water partition coefficient (Wildman–Crippen LogP) is 3.69. The average Bonchev–Trinajstić information content (AvgIpc) is 3.05. The van der Waals surface area contributed by atoms with Crippen LogP contribution < -0.4 is 0 Å². The molecule has 2 heterocycles. The summed E-state index contributed by atoms with van der Waals surface area (Å²) in [7, 11) is 0. The van der Waals surface area contributed by atoms with Crippen molar-refractivity contribution in [3.8, 4) is 0 Å². The zero-order valence-electron chi connectivity index (χ0n) is 10.4. The highest BCUT2D eigenvalue weighted by Gasteiger charge is 2.14. The fourth-order valence-corrected chi connectivity index (χ4v) is 1.96. The lowest BCUT2D eigenvalue weighted by atomic mass is 10.1. The summed E-state index contributed by atoms with van der Waals surface area (Å²) >= 11 is 0. The maximum atomic E-state index is 11.6. The summed E-state index contributed by atoms with van der Waals surface area (Å²) in [4.78, 5) is 11.6. The molecular formula is C15H12O4. The number of hydrogen-bond donors (Lipinski definition) is 0. The van der Waals surface area contributed by atoms with Gasteiger partial charge in [-0.15, -0.1) is 0 Å². The van der Waals surface area contributed by atoms with E-state index >= 15 is 0 Å². The maximum Gasteiger partial charge on any atom is 0.374 e. The third-order valence-corrected chi connectivity index (χ3v) is 3.00. The molecule has 96 valence electrons. The van der Waals surface area contributed by atoms with E-state index in [4.69, 9.17) is 13.6 Å². The first kappa shape index (κ1) is 11.6. The molecule has 0 spiro atoms. The molecule has 0 aliphatic carbocycles.